The van der Waals surface area contributed by atoms with Gasteiger partial charge >= 0.3 is 0 Å². The van der Waals surface area contributed by atoms with E-state index in [4.69, 9.17) is 4.74 Å². The lowest BCUT2D eigenvalue weighted by Crippen LogP contribution is -2.44. The van der Waals surface area contributed by atoms with Crippen LogP contribution in [0.3, 0.4) is 0 Å². The molecule has 0 atom stereocenters. The summed E-state index contributed by atoms with van der Waals surface area (Å²) >= 11 is 0. The first-order valence-electron chi connectivity index (χ1n) is 7.45. The molecule has 0 aromatic carbocycles. The molecule has 3 rings (SSSR count). The van der Waals surface area contributed by atoms with Crippen molar-refractivity contribution in [1.29, 1.82) is 0 Å². The maximum absolute atomic E-state index is 12.2. The molecule has 0 N–H and O–H groups in total. The van der Waals surface area contributed by atoms with Gasteiger partial charge < -0.3 is 9.64 Å². The van der Waals surface area contributed by atoms with Gasteiger partial charge in [0.15, 0.2) is 0 Å². The summed E-state index contributed by atoms with van der Waals surface area (Å²) in [4.78, 5) is 33.5. The van der Waals surface area contributed by atoms with Crippen molar-refractivity contribution >= 4 is 5.91 Å². The van der Waals surface area contributed by atoms with Crippen molar-refractivity contribution in [3.05, 3.63) is 47.3 Å². The number of hydrogen-bond acceptors (Lipinski definition) is 6. The van der Waals surface area contributed by atoms with Crippen molar-refractivity contribution in [2.24, 2.45) is 0 Å². The number of nitrogens with zero attached hydrogens (tertiary/aromatic N) is 5. The van der Waals surface area contributed by atoms with E-state index in [1.807, 2.05) is 0 Å². The highest BCUT2D eigenvalue weighted by Gasteiger charge is 2.24. The van der Waals surface area contributed by atoms with Gasteiger partial charge in [0.2, 0.25) is 11.8 Å². The molecule has 23 heavy (non-hydrogen) atoms. The van der Waals surface area contributed by atoms with Crippen LogP contribution in [-0.2, 0) is 11.3 Å². The van der Waals surface area contributed by atoms with Crippen LogP contribution in [0.4, 0.5) is 0 Å². The molecule has 120 valence electrons. The summed E-state index contributed by atoms with van der Waals surface area (Å²) in [6.07, 6.45) is 6.06. The third-order valence-corrected chi connectivity index (χ3v) is 3.71. The lowest BCUT2D eigenvalue weighted by Gasteiger charge is -2.31. The van der Waals surface area contributed by atoms with Crippen LogP contribution < -0.4 is 10.3 Å². The first-order chi connectivity index (χ1) is 11.2. The van der Waals surface area contributed by atoms with Gasteiger partial charge in [-0.15, -0.1) is 0 Å². The van der Waals surface area contributed by atoms with Gasteiger partial charge in [0, 0.05) is 50.5 Å². The highest BCUT2D eigenvalue weighted by atomic mass is 16.5. The first kappa shape index (κ1) is 15.1. The fourth-order valence-corrected chi connectivity index (χ4v) is 2.48. The second-order valence-corrected chi connectivity index (χ2v) is 5.27. The van der Waals surface area contributed by atoms with Gasteiger partial charge in [0.1, 0.15) is 19.0 Å². The van der Waals surface area contributed by atoms with Crippen LogP contribution in [-0.4, -0.2) is 49.7 Å². The average molecular weight is 315 g/mol. The van der Waals surface area contributed by atoms with Crippen LogP contribution in [0.15, 0.2) is 41.7 Å². The summed E-state index contributed by atoms with van der Waals surface area (Å²) in [6.45, 7) is 1.16. The van der Waals surface area contributed by atoms with Crippen molar-refractivity contribution in [2.45, 2.75) is 25.5 Å². The molecule has 1 fully saturated rings. The average Bonchev–Trinajstić information content (AvgIpc) is 2.58. The molecule has 1 aliphatic rings. The summed E-state index contributed by atoms with van der Waals surface area (Å²) in [7, 11) is 0. The van der Waals surface area contributed by atoms with E-state index in [9.17, 15) is 9.59 Å². The molecule has 1 saturated heterocycles. The summed E-state index contributed by atoms with van der Waals surface area (Å²) in [6, 6.07) is 4.66. The minimum absolute atomic E-state index is 0.0306. The predicted octanol–water partition coefficient (Wildman–Crippen LogP) is 0.103. The number of rotatable bonds is 4. The second kappa shape index (κ2) is 6.99. The highest BCUT2D eigenvalue weighted by Crippen LogP contribution is 2.16. The van der Waals surface area contributed by atoms with E-state index in [0.29, 0.717) is 19.0 Å². The summed E-state index contributed by atoms with van der Waals surface area (Å²) in [5, 5.41) is 3.90. The van der Waals surface area contributed by atoms with Gasteiger partial charge in [-0.25, -0.2) is 14.6 Å². The van der Waals surface area contributed by atoms with E-state index in [2.05, 4.69) is 15.1 Å². The molecule has 2 aromatic rings. The molecule has 8 heteroatoms. The maximum Gasteiger partial charge on any atom is 0.267 e. The highest BCUT2D eigenvalue weighted by molar-refractivity contribution is 5.75. The smallest absolute Gasteiger partial charge is 0.267 e. The third kappa shape index (κ3) is 3.91. The van der Waals surface area contributed by atoms with Gasteiger partial charge in [0.05, 0.1) is 0 Å². The summed E-state index contributed by atoms with van der Waals surface area (Å²) in [5.74, 6) is 0.441. The van der Waals surface area contributed by atoms with E-state index >= 15 is 0 Å². The second-order valence-electron chi connectivity index (χ2n) is 5.27. The Morgan fingerprint density at radius 3 is 2.78 bits per heavy atom. The fraction of sp³-hybridized carbons (Fsp3) is 0.400. The van der Waals surface area contributed by atoms with Crippen molar-refractivity contribution < 1.29 is 9.53 Å². The van der Waals surface area contributed by atoms with Gasteiger partial charge in [0.25, 0.3) is 5.56 Å². The minimum Gasteiger partial charge on any atom is -0.474 e. The Morgan fingerprint density at radius 2 is 2.09 bits per heavy atom. The van der Waals surface area contributed by atoms with Crippen LogP contribution in [0.25, 0.3) is 0 Å². The zero-order chi connectivity index (χ0) is 16.1. The molecule has 0 aliphatic carbocycles. The monoisotopic (exact) mass is 315 g/mol. The number of aromatic nitrogens is 4. The van der Waals surface area contributed by atoms with Gasteiger partial charge in [-0.2, -0.15) is 5.10 Å². The molecule has 0 unspecified atom stereocenters. The van der Waals surface area contributed by atoms with E-state index in [-0.39, 0.29) is 24.1 Å². The van der Waals surface area contributed by atoms with Crippen LogP contribution in [0.5, 0.6) is 5.88 Å². The summed E-state index contributed by atoms with van der Waals surface area (Å²) < 4.78 is 6.94. The summed E-state index contributed by atoms with van der Waals surface area (Å²) in [5.41, 5.74) is -0.275. The SMILES string of the molecule is O=C(Cn1ncccc1=O)N1CCC(Oc2ccncn2)CC1. The minimum atomic E-state index is -0.275. The largest absolute Gasteiger partial charge is 0.474 e. The predicted molar refractivity (Wildman–Crippen MR) is 80.8 cm³/mol. The Kier molecular flexibility index (Phi) is 4.60. The van der Waals surface area contributed by atoms with Crippen molar-refractivity contribution in [1.82, 2.24) is 24.6 Å². The molecular formula is C15H17N5O3. The number of hydrogen-bond donors (Lipinski definition) is 0. The van der Waals surface area contributed by atoms with Gasteiger partial charge in [-0.05, 0) is 6.07 Å². The van der Waals surface area contributed by atoms with Crippen molar-refractivity contribution in [2.75, 3.05) is 13.1 Å². The number of ether oxygens (including phenoxy) is 1. The van der Waals surface area contributed by atoms with Crippen LogP contribution in [0.2, 0.25) is 0 Å². The standard InChI is InChI=1S/C15H17N5O3/c21-14-2-1-6-18-20(14)10-15(22)19-8-4-12(5-9-19)23-13-3-7-16-11-17-13/h1-3,6-7,11-12H,4-5,8-10H2. The zero-order valence-electron chi connectivity index (χ0n) is 12.5. The van der Waals surface area contributed by atoms with Gasteiger partial charge in [-0.3, -0.25) is 9.59 Å². The Bertz CT molecular complexity index is 710. The van der Waals surface area contributed by atoms with E-state index in [1.165, 1.54) is 23.3 Å². The van der Waals surface area contributed by atoms with Crippen LogP contribution in [0.1, 0.15) is 12.8 Å². The molecule has 0 spiro atoms. The molecule has 1 amide bonds. The number of carbonyl (C=O) groups excluding carboxylic acids is 1. The fourth-order valence-electron chi connectivity index (χ4n) is 2.48. The Hall–Kier alpha value is -2.77. The topological polar surface area (TPSA) is 90.2 Å². The first-order valence-corrected chi connectivity index (χ1v) is 7.45. The van der Waals surface area contributed by atoms with Crippen LogP contribution >= 0.6 is 0 Å². The number of likely N-dealkylation sites (tertiary alicyclic amines) is 1. The maximum atomic E-state index is 12.2. The Balaban J connectivity index is 1.51. The lowest BCUT2D eigenvalue weighted by molar-refractivity contribution is -0.133. The number of carbonyl (C=O) groups is 1. The molecule has 3 heterocycles. The number of piperidine rings is 1. The molecule has 0 saturated carbocycles. The number of amides is 1. The van der Waals surface area contributed by atoms with E-state index in [0.717, 1.165) is 12.8 Å². The van der Waals surface area contributed by atoms with Gasteiger partial charge in [-0.1, -0.05) is 0 Å². The molecule has 1 aliphatic heterocycles. The molecule has 0 bridgehead atoms. The van der Waals surface area contributed by atoms with Crippen molar-refractivity contribution in [3.63, 3.8) is 0 Å². The van der Waals surface area contributed by atoms with E-state index < -0.39 is 0 Å². The Morgan fingerprint density at radius 1 is 1.26 bits per heavy atom. The molecule has 2 aromatic heterocycles. The van der Waals surface area contributed by atoms with Crippen LogP contribution in [0, 0.1) is 0 Å². The van der Waals surface area contributed by atoms with Crippen molar-refractivity contribution in [3.8, 4) is 5.88 Å². The molecule has 0 radical (unpaired) electrons. The molecular weight excluding hydrogens is 298 g/mol. The third-order valence-electron chi connectivity index (χ3n) is 3.71. The zero-order valence-corrected chi connectivity index (χ0v) is 12.5. The normalized spacial score (nSPS) is 15.4. The molecule has 8 nitrogen and oxygen atoms in total. The quantitative estimate of drug-likeness (QED) is 0.795. The Labute approximate surface area is 132 Å². The van der Waals surface area contributed by atoms with E-state index in [1.54, 1.807) is 23.2 Å². The lowest BCUT2D eigenvalue weighted by atomic mass is 10.1.